The molecule has 0 radical (unpaired) electrons. The minimum atomic E-state index is -0.781. The van der Waals surface area contributed by atoms with Gasteiger partial charge >= 0.3 is 5.97 Å². The van der Waals surface area contributed by atoms with E-state index in [2.05, 4.69) is 0 Å². The molecule has 0 saturated heterocycles. The van der Waals surface area contributed by atoms with Crippen LogP contribution in [0.15, 0.2) is 18.2 Å². The molecule has 1 aromatic rings. The number of benzene rings is 1. The van der Waals surface area contributed by atoms with Crippen LogP contribution in [0, 0.1) is 18.7 Å². The first-order valence-corrected chi connectivity index (χ1v) is 4.58. The molecule has 3 heteroatoms. The van der Waals surface area contributed by atoms with E-state index in [0.717, 1.165) is 5.56 Å². The Morgan fingerprint density at radius 2 is 2.29 bits per heavy atom. The molecule has 1 N–H and O–H groups in total. The molecule has 2 rings (SSSR count). The van der Waals surface area contributed by atoms with Gasteiger partial charge in [0.25, 0.3) is 0 Å². The molecule has 0 aliphatic heterocycles. The smallest absolute Gasteiger partial charge is 0.307 e. The quantitative estimate of drug-likeness (QED) is 0.784. The highest BCUT2D eigenvalue weighted by Gasteiger charge is 2.44. The summed E-state index contributed by atoms with van der Waals surface area (Å²) in [5.74, 6) is -1.32. The Balaban J connectivity index is 2.20. The van der Waals surface area contributed by atoms with E-state index >= 15 is 0 Å². The second-order valence-electron chi connectivity index (χ2n) is 3.80. The Morgan fingerprint density at radius 3 is 2.79 bits per heavy atom. The summed E-state index contributed by atoms with van der Waals surface area (Å²) in [5.41, 5.74) is 1.40. The molecule has 2 unspecified atom stereocenters. The second-order valence-corrected chi connectivity index (χ2v) is 3.80. The number of hydrogen-bond donors (Lipinski definition) is 1. The molecule has 2 atom stereocenters. The highest BCUT2D eigenvalue weighted by Crippen LogP contribution is 2.47. The maximum Gasteiger partial charge on any atom is 0.307 e. The first-order chi connectivity index (χ1) is 6.59. The van der Waals surface area contributed by atoms with Crippen molar-refractivity contribution in [2.45, 2.75) is 19.3 Å². The Labute approximate surface area is 81.4 Å². The molecule has 0 spiro atoms. The van der Waals surface area contributed by atoms with E-state index in [0.29, 0.717) is 12.0 Å². The third-order valence-electron chi connectivity index (χ3n) is 2.73. The molecule has 1 aliphatic rings. The van der Waals surface area contributed by atoms with Gasteiger partial charge in [-0.15, -0.1) is 0 Å². The average molecular weight is 194 g/mol. The lowest BCUT2D eigenvalue weighted by molar-refractivity contribution is -0.138. The monoisotopic (exact) mass is 194 g/mol. The SMILES string of the molecule is Cc1ccc(C2CC2C(=O)O)cc1F. The van der Waals surface area contributed by atoms with Gasteiger partial charge in [-0.2, -0.15) is 0 Å². The highest BCUT2D eigenvalue weighted by molar-refractivity contribution is 5.75. The zero-order valence-electron chi connectivity index (χ0n) is 7.83. The lowest BCUT2D eigenvalue weighted by Gasteiger charge is -2.00. The van der Waals surface area contributed by atoms with Gasteiger partial charge in [0.15, 0.2) is 0 Å². The van der Waals surface area contributed by atoms with Crippen LogP contribution < -0.4 is 0 Å². The summed E-state index contributed by atoms with van der Waals surface area (Å²) in [6.07, 6.45) is 0.637. The van der Waals surface area contributed by atoms with Gasteiger partial charge in [0.05, 0.1) is 5.92 Å². The molecule has 1 aromatic carbocycles. The van der Waals surface area contributed by atoms with Crippen molar-refractivity contribution in [2.24, 2.45) is 5.92 Å². The molecular weight excluding hydrogens is 183 g/mol. The van der Waals surface area contributed by atoms with Crippen LogP contribution in [0.2, 0.25) is 0 Å². The summed E-state index contributed by atoms with van der Waals surface area (Å²) in [5, 5.41) is 8.72. The second kappa shape index (κ2) is 3.08. The molecular formula is C11H11FO2. The van der Waals surface area contributed by atoms with Crippen LogP contribution in [-0.2, 0) is 4.79 Å². The molecule has 0 aromatic heterocycles. The van der Waals surface area contributed by atoms with Crippen molar-refractivity contribution in [3.63, 3.8) is 0 Å². The van der Waals surface area contributed by atoms with E-state index in [4.69, 9.17) is 5.11 Å². The standard InChI is InChI=1S/C11H11FO2/c1-6-2-3-7(4-10(6)12)8-5-9(8)11(13)14/h2-4,8-9H,5H2,1H3,(H,13,14). The van der Waals surface area contributed by atoms with Gasteiger partial charge in [-0.3, -0.25) is 4.79 Å². The predicted molar refractivity (Wildman–Crippen MR) is 49.6 cm³/mol. The largest absolute Gasteiger partial charge is 0.481 e. The average Bonchev–Trinajstić information content (AvgIpc) is 2.89. The maximum absolute atomic E-state index is 13.1. The fourth-order valence-corrected chi connectivity index (χ4v) is 1.68. The summed E-state index contributed by atoms with van der Waals surface area (Å²) < 4.78 is 13.1. The Morgan fingerprint density at radius 1 is 1.57 bits per heavy atom. The fraction of sp³-hybridized carbons (Fsp3) is 0.364. The van der Waals surface area contributed by atoms with Crippen LogP contribution in [0.25, 0.3) is 0 Å². The number of carboxylic acids is 1. The minimum Gasteiger partial charge on any atom is -0.481 e. The highest BCUT2D eigenvalue weighted by atomic mass is 19.1. The molecule has 74 valence electrons. The number of hydrogen-bond acceptors (Lipinski definition) is 1. The lowest BCUT2D eigenvalue weighted by atomic mass is 10.1. The van der Waals surface area contributed by atoms with E-state index in [1.165, 1.54) is 6.07 Å². The Hall–Kier alpha value is -1.38. The summed E-state index contributed by atoms with van der Waals surface area (Å²) >= 11 is 0. The van der Waals surface area contributed by atoms with Crippen LogP contribution in [-0.4, -0.2) is 11.1 Å². The van der Waals surface area contributed by atoms with E-state index < -0.39 is 5.97 Å². The van der Waals surface area contributed by atoms with Crippen molar-refractivity contribution in [1.82, 2.24) is 0 Å². The minimum absolute atomic E-state index is 0.0163. The normalized spacial score (nSPS) is 24.7. The van der Waals surface area contributed by atoms with Gasteiger partial charge in [-0.25, -0.2) is 4.39 Å². The lowest BCUT2D eigenvalue weighted by Crippen LogP contribution is -1.99. The molecule has 0 bridgehead atoms. The van der Waals surface area contributed by atoms with Crippen molar-refractivity contribution in [3.8, 4) is 0 Å². The number of aryl methyl sites for hydroxylation is 1. The number of rotatable bonds is 2. The Bertz CT molecular complexity index is 387. The molecule has 1 aliphatic carbocycles. The van der Waals surface area contributed by atoms with Gasteiger partial charge in [-0.05, 0) is 36.5 Å². The number of aliphatic carboxylic acids is 1. The van der Waals surface area contributed by atoms with Crippen molar-refractivity contribution >= 4 is 5.97 Å². The molecule has 1 fully saturated rings. The third-order valence-corrected chi connectivity index (χ3v) is 2.73. The molecule has 0 heterocycles. The number of carboxylic acid groups (broad SMARTS) is 1. The Kier molecular flexibility index (Phi) is 2.02. The summed E-state index contributed by atoms with van der Waals surface area (Å²) in [4.78, 5) is 10.6. The zero-order valence-corrected chi connectivity index (χ0v) is 7.83. The molecule has 1 saturated carbocycles. The van der Waals surface area contributed by atoms with Gasteiger partial charge in [0, 0.05) is 0 Å². The first-order valence-electron chi connectivity index (χ1n) is 4.58. The summed E-state index contributed by atoms with van der Waals surface area (Å²) in [7, 11) is 0. The fourth-order valence-electron chi connectivity index (χ4n) is 1.68. The van der Waals surface area contributed by atoms with Crippen molar-refractivity contribution in [1.29, 1.82) is 0 Å². The van der Waals surface area contributed by atoms with Crippen LogP contribution in [0.3, 0.4) is 0 Å². The number of halogens is 1. The maximum atomic E-state index is 13.1. The van der Waals surface area contributed by atoms with E-state index in [1.54, 1.807) is 13.0 Å². The predicted octanol–water partition coefficient (Wildman–Crippen LogP) is 2.32. The van der Waals surface area contributed by atoms with Crippen LogP contribution in [0.1, 0.15) is 23.5 Å². The van der Waals surface area contributed by atoms with E-state index in [9.17, 15) is 9.18 Å². The van der Waals surface area contributed by atoms with Gasteiger partial charge in [0.2, 0.25) is 0 Å². The van der Waals surface area contributed by atoms with Gasteiger partial charge < -0.3 is 5.11 Å². The molecule has 2 nitrogen and oxygen atoms in total. The number of carbonyl (C=O) groups is 1. The van der Waals surface area contributed by atoms with Crippen LogP contribution in [0.5, 0.6) is 0 Å². The van der Waals surface area contributed by atoms with Gasteiger partial charge in [0.1, 0.15) is 5.82 Å². The van der Waals surface area contributed by atoms with E-state index in [-0.39, 0.29) is 17.7 Å². The van der Waals surface area contributed by atoms with Gasteiger partial charge in [-0.1, -0.05) is 12.1 Å². The van der Waals surface area contributed by atoms with Crippen molar-refractivity contribution < 1.29 is 14.3 Å². The first kappa shape index (κ1) is 9.19. The van der Waals surface area contributed by atoms with Crippen LogP contribution in [0.4, 0.5) is 4.39 Å². The summed E-state index contributed by atoms with van der Waals surface area (Å²) in [6, 6.07) is 4.96. The zero-order chi connectivity index (χ0) is 10.3. The topological polar surface area (TPSA) is 37.3 Å². The summed E-state index contributed by atoms with van der Waals surface area (Å²) in [6.45, 7) is 1.70. The van der Waals surface area contributed by atoms with Crippen molar-refractivity contribution in [2.75, 3.05) is 0 Å². The molecule has 14 heavy (non-hydrogen) atoms. The van der Waals surface area contributed by atoms with Crippen LogP contribution >= 0.6 is 0 Å². The third kappa shape index (κ3) is 1.50. The van der Waals surface area contributed by atoms with Crippen molar-refractivity contribution in [3.05, 3.63) is 35.1 Å². The van der Waals surface area contributed by atoms with E-state index in [1.807, 2.05) is 6.07 Å². The molecule has 0 amide bonds.